The number of guanidine groups is 1. The van der Waals surface area contributed by atoms with Crippen LogP contribution < -0.4 is 10.2 Å². The van der Waals surface area contributed by atoms with Crippen molar-refractivity contribution in [3.8, 4) is 0 Å². The van der Waals surface area contributed by atoms with Crippen LogP contribution in [0.5, 0.6) is 0 Å². The van der Waals surface area contributed by atoms with Crippen molar-refractivity contribution in [3.05, 3.63) is 29.8 Å². The second-order valence-corrected chi connectivity index (χ2v) is 7.84. The van der Waals surface area contributed by atoms with E-state index in [9.17, 15) is 4.79 Å². The molecule has 2 saturated heterocycles. The van der Waals surface area contributed by atoms with Gasteiger partial charge in [-0.15, -0.1) is 24.0 Å². The Morgan fingerprint density at radius 1 is 1.24 bits per heavy atom. The number of rotatable bonds is 5. The van der Waals surface area contributed by atoms with Gasteiger partial charge >= 0.3 is 0 Å². The van der Waals surface area contributed by atoms with E-state index >= 15 is 0 Å². The number of amides is 1. The number of fused-ring (bicyclic) bond motifs is 1. The van der Waals surface area contributed by atoms with Gasteiger partial charge in [0.15, 0.2) is 5.96 Å². The molecule has 29 heavy (non-hydrogen) atoms. The summed E-state index contributed by atoms with van der Waals surface area (Å²) in [6.45, 7) is 8.45. The molecule has 7 nitrogen and oxygen atoms in total. The molecule has 0 bridgehead atoms. The van der Waals surface area contributed by atoms with Gasteiger partial charge in [0.05, 0.1) is 13.0 Å². The number of anilines is 1. The summed E-state index contributed by atoms with van der Waals surface area (Å²) in [6.07, 6.45) is 1.71. The van der Waals surface area contributed by atoms with Crippen LogP contribution in [0.2, 0.25) is 0 Å². The number of ether oxygens (including phenoxy) is 1. The lowest BCUT2D eigenvalue weighted by Crippen LogP contribution is -2.54. The van der Waals surface area contributed by atoms with Crippen LogP contribution in [0.15, 0.2) is 29.3 Å². The summed E-state index contributed by atoms with van der Waals surface area (Å²) in [6, 6.07) is 8.06. The quantitative estimate of drug-likeness (QED) is 0.367. The Labute approximate surface area is 190 Å². The fourth-order valence-electron chi connectivity index (χ4n) is 4.41. The summed E-state index contributed by atoms with van der Waals surface area (Å²) in [5.74, 6) is 1.82. The smallest absolute Gasteiger partial charge is 0.231 e. The highest BCUT2D eigenvalue weighted by molar-refractivity contribution is 14.0. The lowest BCUT2D eigenvalue weighted by molar-refractivity contribution is -0.117. The van der Waals surface area contributed by atoms with E-state index in [2.05, 4.69) is 20.1 Å². The van der Waals surface area contributed by atoms with Crippen molar-refractivity contribution in [2.24, 2.45) is 10.9 Å². The largest absolute Gasteiger partial charge is 0.381 e. The van der Waals surface area contributed by atoms with E-state index in [0.717, 1.165) is 63.1 Å². The fourth-order valence-corrected chi connectivity index (χ4v) is 4.41. The third-order valence-corrected chi connectivity index (χ3v) is 5.97. The van der Waals surface area contributed by atoms with Gasteiger partial charge in [-0.25, -0.2) is 0 Å². The zero-order valence-corrected chi connectivity index (χ0v) is 19.5. The predicted molar refractivity (Wildman–Crippen MR) is 126 cm³/mol. The topological polar surface area (TPSA) is 60.4 Å². The van der Waals surface area contributed by atoms with Gasteiger partial charge in [-0.1, -0.05) is 18.2 Å². The number of aliphatic imine (C=N–C) groups is 1. The number of nitrogens with one attached hydrogen (secondary N) is 1. The molecule has 1 aromatic rings. The van der Waals surface area contributed by atoms with Gasteiger partial charge in [0.1, 0.15) is 0 Å². The van der Waals surface area contributed by atoms with Gasteiger partial charge in [0, 0.05) is 65.2 Å². The molecule has 3 aliphatic heterocycles. The summed E-state index contributed by atoms with van der Waals surface area (Å²) < 4.78 is 5.50. The highest BCUT2D eigenvalue weighted by Crippen LogP contribution is 2.27. The Morgan fingerprint density at radius 2 is 2.03 bits per heavy atom. The molecular formula is C21H32IN5O2. The molecule has 160 valence electrons. The van der Waals surface area contributed by atoms with Gasteiger partial charge in [-0.05, 0) is 24.0 Å². The first-order chi connectivity index (χ1) is 13.7. The van der Waals surface area contributed by atoms with E-state index in [0.29, 0.717) is 25.4 Å². The lowest BCUT2D eigenvalue weighted by Gasteiger charge is -2.37. The molecule has 0 radical (unpaired) electrons. The normalized spacial score (nSPS) is 22.6. The van der Waals surface area contributed by atoms with Crippen molar-refractivity contribution >= 4 is 41.5 Å². The molecule has 3 aliphatic rings. The van der Waals surface area contributed by atoms with Crippen molar-refractivity contribution in [1.82, 2.24) is 15.1 Å². The number of para-hydroxylation sites is 1. The Balaban J connectivity index is 0.00000240. The summed E-state index contributed by atoms with van der Waals surface area (Å²) in [5.41, 5.74) is 2.18. The monoisotopic (exact) mass is 513 g/mol. The second-order valence-electron chi connectivity index (χ2n) is 7.84. The maximum Gasteiger partial charge on any atom is 0.231 e. The molecule has 1 amide bonds. The highest BCUT2D eigenvalue weighted by atomic mass is 127. The summed E-state index contributed by atoms with van der Waals surface area (Å²) >= 11 is 0. The minimum atomic E-state index is 0. The molecule has 1 atom stereocenters. The molecule has 0 spiro atoms. The Morgan fingerprint density at radius 3 is 2.76 bits per heavy atom. The number of halogens is 1. The number of piperazine rings is 1. The van der Waals surface area contributed by atoms with E-state index < -0.39 is 0 Å². The average Bonchev–Trinajstić information content (AvgIpc) is 3.33. The van der Waals surface area contributed by atoms with E-state index in [1.807, 2.05) is 36.2 Å². The van der Waals surface area contributed by atoms with Gasteiger partial charge in [-0.3, -0.25) is 14.7 Å². The van der Waals surface area contributed by atoms with Gasteiger partial charge in [-0.2, -0.15) is 0 Å². The minimum Gasteiger partial charge on any atom is -0.381 e. The minimum absolute atomic E-state index is 0. The van der Waals surface area contributed by atoms with Crippen LogP contribution in [0.3, 0.4) is 0 Å². The number of carbonyl (C=O) groups excluding carboxylic acids is 1. The van der Waals surface area contributed by atoms with Gasteiger partial charge in [0.2, 0.25) is 5.91 Å². The third-order valence-electron chi connectivity index (χ3n) is 5.97. The second kappa shape index (κ2) is 10.6. The molecule has 1 aromatic carbocycles. The van der Waals surface area contributed by atoms with Crippen molar-refractivity contribution in [3.63, 3.8) is 0 Å². The average molecular weight is 513 g/mol. The van der Waals surface area contributed by atoms with Crippen LogP contribution in [-0.4, -0.2) is 87.7 Å². The van der Waals surface area contributed by atoms with E-state index in [-0.39, 0.29) is 29.9 Å². The zero-order valence-electron chi connectivity index (χ0n) is 17.2. The molecule has 1 unspecified atom stereocenters. The number of nitrogens with zero attached hydrogens (tertiary/aromatic N) is 4. The fraction of sp³-hybridized carbons (Fsp3) is 0.619. The highest BCUT2D eigenvalue weighted by Gasteiger charge is 2.27. The first kappa shape index (κ1) is 22.3. The first-order valence-corrected chi connectivity index (χ1v) is 10.4. The molecule has 1 N–H and O–H groups in total. The number of carbonyl (C=O) groups is 1. The van der Waals surface area contributed by atoms with Crippen LogP contribution in [0.4, 0.5) is 5.69 Å². The summed E-state index contributed by atoms with van der Waals surface area (Å²) in [4.78, 5) is 23.5. The van der Waals surface area contributed by atoms with E-state index in [4.69, 9.17) is 4.74 Å². The zero-order chi connectivity index (χ0) is 19.3. The molecule has 8 heteroatoms. The Kier molecular flexibility index (Phi) is 8.14. The summed E-state index contributed by atoms with van der Waals surface area (Å²) in [7, 11) is 1.83. The Hall–Kier alpha value is -1.39. The van der Waals surface area contributed by atoms with E-state index in [1.54, 1.807) is 0 Å². The van der Waals surface area contributed by atoms with Crippen LogP contribution in [-0.2, 0) is 16.0 Å². The van der Waals surface area contributed by atoms with Crippen molar-refractivity contribution in [2.45, 2.75) is 12.8 Å². The Bertz CT molecular complexity index is 715. The molecule has 4 rings (SSSR count). The summed E-state index contributed by atoms with van der Waals surface area (Å²) in [5, 5.41) is 3.45. The number of hydrogen-bond acceptors (Lipinski definition) is 4. The standard InChI is InChI=1S/C21H31N5O2.HI/c1-22-21(25-11-9-24(10-12-25)15-17-6-13-28-16-17)23-7-8-26-19-5-3-2-4-18(19)14-20(26)27;/h2-5,17H,6-16H2,1H3,(H,22,23);1H. The molecule has 0 aliphatic carbocycles. The SMILES string of the molecule is CN=C(NCCN1C(=O)Cc2ccccc21)N1CCN(CC2CCOC2)CC1.I. The molecule has 3 heterocycles. The van der Waals surface area contributed by atoms with Crippen molar-refractivity contribution in [1.29, 1.82) is 0 Å². The van der Waals surface area contributed by atoms with Crippen molar-refractivity contribution < 1.29 is 9.53 Å². The first-order valence-electron chi connectivity index (χ1n) is 10.4. The lowest BCUT2D eigenvalue weighted by atomic mass is 10.1. The van der Waals surface area contributed by atoms with Crippen molar-refractivity contribution in [2.75, 3.05) is 71.0 Å². The van der Waals surface area contributed by atoms with Crippen LogP contribution >= 0.6 is 24.0 Å². The molecule has 2 fully saturated rings. The maximum atomic E-state index is 12.3. The maximum absolute atomic E-state index is 12.3. The predicted octanol–water partition coefficient (Wildman–Crippen LogP) is 1.42. The number of benzene rings is 1. The number of hydrogen-bond donors (Lipinski definition) is 1. The molecule has 0 aromatic heterocycles. The van der Waals surface area contributed by atoms with Crippen LogP contribution in [0, 0.1) is 5.92 Å². The third kappa shape index (κ3) is 5.40. The van der Waals surface area contributed by atoms with Gasteiger partial charge < -0.3 is 19.9 Å². The van der Waals surface area contributed by atoms with Gasteiger partial charge in [0.25, 0.3) is 0 Å². The molecular weight excluding hydrogens is 481 g/mol. The van der Waals surface area contributed by atoms with E-state index in [1.165, 1.54) is 6.42 Å². The van der Waals surface area contributed by atoms with Crippen LogP contribution in [0.25, 0.3) is 0 Å². The molecule has 0 saturated carbocycles. The van der Waals surface area contributed by atoms with Crippen LogP contribution in [0.1, 0.15) is 12.0 Å².